The molecule has 0 saturated heterocycles. The zero-order chi connectivity index (χ0) is 9.26. The van der Waals surface area contributed by atoms with Crippen molar-refractivity contribution in [1.82, 2.24) is 0 Å². The molecular weight excluding hydrogens is 248 g/mol. The fraction of sp³-hybridized carbons (Fsp3) is 0.500. The Kier molecular flexibility index (Phi) is 2.84. The van der Waals surface area contributed by atoms with Crippen molar-refractivity contribution in [1.29, 1.82) is 0 Å². The van der Waals surface area contributed by atoms with E-state index in [1.807, 2.05) is 0 Å². The molecule has 0 atom stereocenters. The normalized spacial score (nSPS) is 19.3. The second-order valence-corrected chi connectivity index (χ2v) is 5.95. The van der Waals surface area contributed by atoms with E-state index < -0.39 is 0 Å². The summed E-state index contributed by atoms with van der Waals surface area (Å²) in [6, 6.07) is 4.27. The first-order valence-corrected chi connectivity index (χ1v) is 6.13. The lowest BCUT2D eigenvalue weighted by molar-refractivity contribution is -0.120. The molecule has 3 heteroatoms. The maximum atomic E-state index is 11.0. The van der Waals surface area contributed by atoms with E-state index in [9.17, 15) is 4.79 Å². The van der Waals surface area contributed by atoms with Gasteiger partial charge in [-0.05, 0) is 46.8 Å². The summed E-state index contributed by atoms with van der Waals surface area (Å²) in [6.45, 7) is 0. The van der Waals surface area contributed by atoms with Gasteiger partial charge in [-0.2, -0.15) is 0 Å². The first-order valence-electron chi connectivity index (χ1n) is 4.52. The third-order valence-electron chi connectivity index (χ3n) is 2.54. The molecule has 1 aliphatic rings. The second-order valence-electron chi connectivity index (χ2n) is 3.45. The van der Waals surface area contributed by atoms with E-state index in [0.717, 1.165) is 25.7 Å². The van der Waals surface area contributed by atoms with Gasteiger partial charge in [0, 0.05) is 17.7 Å². The molecule has 1 fully saturated rings. The Labute approximate surface area is 90.3 Å². The van der Waals surface area contributed by atoms with Gasteiger partial charge in [-0.15, -0.1) is 11.3 Å². The van der Waals surface area contributed by atoms with Crippen molar-refractivity contribution in [3.63, 3.8) is 0 Å². The van der Waals surface area contributed by atoms with Gasteiger partial charge in [-0.25, -0.2) is 0 Å². The van der Waals surface area contributed by atoms with Gasteiger partial charge in [0.2, 0.25) is 0 Å². The second kappa shape index (κ2) is 3.93. The van der Waals surface area contributed by atoms with Crippen molar-refractivity contribution in [3.05, 3.63) is 20.8 Å². The fourth-order valence-electron chi connectivity index (χ4n) is 1.77. The Bertz CT molecular complexity index is 308. The summed E-state index contributed by atoms with van der Waals surface area (Å²) in [6.07, 6.45) is 3.65. The van der Waals surface area contributed by atoms with Crippen LogP contribution in [0.15, 0.2) is 15.9 Å². The molecule has 1 aromatic rings. The molecule has 0 N–H and O–H groups in total. The van der Waals surface area contributed by atoms with Gasteiger partial charge in [0.1, 0.15) is 5.78 Å². The largest absolute Gasteiger partial charge is 0.300 e. The lowest BCUT2D eigenvalue weighted by atomic mass is 9.87. The highest BCUT2D eigenvalue weighted by atomic mass is 79.9. The molecule has 70 valence electrons. The maximum absolute atomic E-state index is 11.0. The minimum atomic E-state index is 0.437. The number of Topliss-reactive ketones (excluding diaryl/α,β-unsaturated/α-hetero) is 1. The highest BCUT2D eigenvalue weighted by Gasteiger charge is 2.21. The number of carbonyl (C=O) groups excluding carboxylic acids is 1. The third-order valence-corrected chi connectivity index (χ3v) is 4.33. The van der Waals surface area contributed by atoms with Gasteiger partial charge in [0.05, 0.1) is 3.79 Å². The zero-order valence-electron chi connectivity index (χ0n) is 7.25. The number of halogens is 1. The van der Waals surface area contributed by atoms with Crippen LogP contribution < -0.4 is 0 Å². The van der Waals surface area contributed by atoms with Crippen LogP contribution >= 0.6 is 27.3 Å². The van der Waals surface area contributed by atoms with Crippen molar-refractivity contribution in [2.75, 3.05) is 0 Å². The predicted molar refractivity (Wildman–Crippen MR) is 58.2 cm³/mol. The highest BCUT2D eigenvalue weighted by molar-refractivity contribution is 9.11. The Morgan fingerprint density at radius 1 is 1.31 bits per heavy atom. The van der Waals surface area contributed by atoms with E-state index in [0.29, 0.717) is 11.7 Å². The third kappa shape index (κ3) is 2.20. The monoisotopic (exact) mass is 258 g/mol. The number of hydrogen-bond donors (Lipinski definition) is 0. The smallest absolute Gasteiger partial charge is 0.132 e. The summed E-state index contributed by atoms with van der Waals surface area (Å²) in [5, 5.41) is 0. The molecule has 1 nitrogen and oxygen atoms in total. The molecule has 1 aromatic heterocycles. The van der Waals surface area contributed by atoms with E-state index in [1.165, 1.54) is 8.66 Å². The summed E-state index contributed by atoms with van der Waals surface area (Å²) in [7, 11) is 0. The molecule has 1 heterocycles. The Morgan fingerprint density at radius 2 is 2.00 bits per heavy atom. The van der Waals surface area contributed by atoms with Crippen LogP contribution in [0.2, 0.25) is 0 Å². The number of thiophene rings is 1. The summed E-state index contributed by atoms with van der Waals surface area (Å²) >= 11 is 5.26. The molecule has 2 rings (SSSR count). The minimum absolute atomic E-state index is 0.437. The van der Waals surface area contributed by atoms with Gasteiger partial charge in [-0.3, -0.25) is 4.79 Å². The van der Waals surface area contributed by atoms with Crippen molar-refractivity contribution >= 4 is 33.0 Å². The number of ketones is 1. The SMILES string of the molecule is O=C1CCC(c2ccc(Br)s2)CC1. The van der Waals surface area contributed by atoms with E-state index in [-0.39, 0.29) is 0 Å². The Morgan fingerprint density at radius 3 is 2.54 bits per heavy atom. The van der Waals surface area contributed by atoms with Gasteiger partial charge in [0.15, 0.2) is 0 Å². The standard InChI is InChI=1S/C10H11BrOS/c11-10-6-5-9(13-10)7-1-3-8(12)4-2-7/h5-7H,1-4H2. The van der Waals surface area contributed by atoms with Crippen LogP contribution in [0.1, 0.15) is 36.5 Å². The van der Waals surface area contributed by atoms with E-state index in [1.54, 1.807) is 11.3 Å². The van der Waals surface area contributed by atoms with Crippen molar-refractivity contribution in [2.24, 2.45) is 0 Å². The molecule has 0 unspecified atom stereocenters. The van der Waals surface area contributed by atoms with Crippen molar-refractivity contribution < 1.29 is 4.79 Å². The molecule has 0 spiro atoms. The molecule has 0 aromatic carbocycles. The lowest BCUT2D eigenvalue weighted by Crippen LogP contribution is -2.11. The number of rotatable bonds is 1. The molecule has 0 aliphatic heterocycles. The van der Waals surface area contributed by atoms with Gasteiger partial charge in [0.25, 0.3) is 0 Å². The van der Waals surface area contributed by atoms with Crippen LogP contribution in [0, 0.1) is 0 Å². The molecule has 13 heavy (non-hydrogen) atoms. The molecule has 0 bridgehead atoms. The van der Waals surface area contributed by atoms with Crippen molar-refractivity contribution in [3.8, 4) is 0 Å². The molecule has 0 amide bonds. The average molecular weight is 259 g/mol. The van der Waals surface area contributed by atoms with Crippen molar-refractivity contribution in [2.45, 2.75) is 31.6 Å². The maximum Gasteiger partial charge on any atom is 0.132 e. The van der Waals surface area contributed by atoms with E-state index >= 15 is 0 Å². The molecule has 1 aliphatic carbocycles. The van der Waals surface area contributed by atoms with Crippen LogP contribution in [-0.2, 0) is 4.79 Å². The topological polar surface area (TPSA) is 17.1 Å². The Hall–Kier alpha value is -0.150. The van der Waals surface area contributed by atoms with Crippen LogP contribution in [0.4, 0.5) is 0 Å². The molecule has 1 saturated carbocycles. The van der Waals surface area contributed by atoms with Gasteiger partial charge < -0.3 is 0 Å². The van der Waals surface area contributed by atoms with E-state index in [2.05, 4.69) is 28.1 Å². The first kappa shape index (κ1) is 9.41. The van der Waals surface area contributed by atoms with Crippen LogP contribution in [0.3, 0.4) is 0 Å². The zero-order valence-corrected chi connectivity index (χ0v) is 9.66. The predicted octanol–water partition coefficient (Wildman–Crippen LogP) is 3.74. The average Bonchev–Trinajstić information content (AvgIpc) is 2.53. The van der Waals surface area contributed by atoms with Crippen LogP contribution in [0.25, 0.3) is 0 Å². The fourth-order valence-corrected chi connectivity index (χ4v) is 3.36. The Balaban J connectivity index is 2.06. The van der Waals surface area contributed by atoms with Gasteiger partial charge >= 0.3 is 0 Å². The van der Waals surface area contributed by atoms with E-state index in [4.69, 9.17) is 0 Å². The number of hydrogen-bond acceptors (Lipinski definition) is 2. The minimum Gasteiger partial charge on any atom is -0.300 e. The van der Waals surface area contributed by atoms with Crippen LogP contribution in [0.5, 0.6) is 0 Å². The summed E-state index contributed by atoms with van der Waals surface area (Å²) in [4.78, 5) is 12.5. The van der Waals surface area contributed by atoms with Crippen LogP contribution in [-0.4, -0.2) is 5.78 Å². The van der Waals surface area contributed by atoms with Gasteiger partial charge in [-0.1, -0.05) is 0 Å². The first-order chi connectivity index (χ1) is 6.25. The molecule has 0 radical (unpaired) electrons. The summed E-state index contributed by atoms with van der Waals surface area (Å²) in [5.74, 6) is 1.07. The highest BCUT2D eigenvalue weighted by Crippen LogP contribution is 2.36. The summed E-state index contributed by atoms with van der Waals surface area (Å²) < 4.78 is 1.19. The number of carbonyl (C=O) groups is 1. The lowest BCUT2D eigenvalue weighted by Gasteiger charge is -2.19. The quantitative estimate of drug-likeness (QED) is 0.750. The molecular formula is C10H11BrOS. The summed E-state index contributed by atoms with van der Waals surface area (Å²) in [5.41, 5.74) is 0.